The van der Waals surface area contributed by atoms with Crippen molar-refractivity contribution in [3.63, 3.8) is 0 Å². The van der Waals surface area contributed by atoms with E-state index in [1.165, 1.54) is 0 Å². The maximum absolute atomic E-state index is 12.1. The van der Waals surface area contributed by atoms with E-state index in [1.54, 1.807) is 23.7 Å². The van der Waals surface area contributed by atoms with Gasteiger partial charge < -0.3 is 10.0 Å². The first kappa shape index (κ1) is 17.9. The molecule has 132 valence electrons. The maximum atomic E-state index is 12.1. The minimum absolute atomic E-state index is 0.0287. The van der Waals surface area contributed by atoms with Crippen LogP contribution in [0.1, 0.15) is 23.8 Å². The van der Waals surface area contributed by atoms with Gasteiger partial charge in [0.05, 0.1) is 22.2 Å². The fourth-order valence-electron chi connectivity index (χ4n) is 2.82. The first-order valence-corrected chi connectivity index (χ1v) is 10.1. The Morgan fingerprint density at radius 1 is 1.24 bits per heavy atom. The van der Waals surface area contributed by atoms with Crippen molar-refractivity contribution in [2.45, 2.75) is 18.8 Å². The average molecular weight is 377 g/mol. The van der Waals surface area contributed by atoms with E-state index in [0.29, 0.717) is 19.0 Å². The van der Waals surface area contributed by atoms with Gasteiger partial charge >= 0.3 is 5.97 Å². The van der Waals surface area contributed by atoms with Crippen LogP contribution in [0.3, 0.4) is 0 Å². The number of carbonyl (C=O) groups is 2. The number of thioether (sulfide) groups is 1. The quantitative estimate of drug-likeness (QED) is 0.833. The molecule has 0 saturated carbocycles. The van der Waals surface area contributed by atoms with Crippen LogP contribution in [0.5, 0.6) is 0 Å². The molecule has 0 aliphatic carbocycles. The smallest absolute Gasteiger partial charge is 0.313 e. The van der Waals surface area contributed by atoms with Crippen LogP contribution in [0.15, 0.2) is 29.9 Å². The molecule has 1 saturated heterocycles. The molecular formula is C17H19N3O3S2. The normalized spacial score (nSPS) is 15.3. The standard InChI is InChI=1S/C17H19N3O3S2/c21-15(10-24-11-16(22)23)20-7-3-13(4-8-20)17-19-14(9-25-17)12-1-5-18-6-2-12/h1-2,5-6,9,13H,3-4,7-8,10-11H2,(H,22,23). The second-order valence-electron chi connectivity index (χ2n) is 5.85. The van der Waals surface area contributed by atoms with E-state index in [-0.39, 0.29) is 17.4 Å². The summed E-state index contributed by atoms with van der Waals surface area (Å²) in [6.07, 6.45) is 5.33. The molecule has 2 aromatic heterocycles. The number of nitrogens with zero attached hydrogens (tertiary/aromatic N) is 3. The molecular weight excluding hydrogens is 358 g/mol. The maximum Gasteiger partial charge on any atom is 0.313 e. The number of carbonyl (C=O) groups excluding carboxylic acids is 1. The first-order chi connectivity index (χ1) is 12.1. The summed E-state index contributed by atoms with van der Waals surface area (Å²) in [7, 11) is 0. The van der Waals surface area contributed by atoms with Gasteiger partial charge in [-0.1, -0.05) is 0 Å². The molecule has 1 amide bonds. The molecule has 25 heavy (non-hydrogen) atoms. The molecule has 0 unspecified atom stereocenters. The summed E-state index contributed by atoms with van der Waals surface area (Å²) < 4.78 is 0. The lowest BCUT2D eigenvalue weighted by atomic mass is 9.97. The van der Waals surface area contributed by atoms with Crippen LogP contribution in [0.4, 0.5) is 0 Å². The Bertz CT molecular complexity index is 728. The third-order valence-electron chi connectivity index (χ3n) is 4.15. The van der Waals surface area contributed by atoms with E-state index in [4.69, 9.17) is 10.1 Å². The largest absolute Gasteiger partial charge is 0.481 e. The van der Waals surface area contributed by atoms with Crippen molar-refractivity contribution >= 4 is 35.0 Å². The third-order valence-corrected chi connectivity index (χ3v) is 6.06. The number of amides is 1. The second kappa shape index (κ2) is 8.44. The van der Waals surface area contributed by atoms with Gasteiger partial charge in [0.2, 0.25) is 5.91 Å². The molecule has 8 heteroatoms. The molecule has 0 aromatic carbocycles. The number of hydrogen-bond donors (Lipinski definition) is 1. The van der Waals surface area contributed by atoms with Crippen molar-refractivity contribution in [1.29, 1.82) is 0 Å². The van der Waals surface area contributed by atoms with Crippen molar-refractivity contribution in [3.05, 3.63) is 34.9 Å². The molecule has 3 rings (SSSR count). The number of hydrogen-bond acceptors (Lipinski definition) is 6. The summed E-state index contributed by atoms with van der Waals surface area (Å²) >= 11 is 2.83. The van der Waals surface area contributed by atoms with E-state index in [9.17, 15) is 9.59 Å². The van der Waals surface area contributed by atoms with Crippen molar-refractivity contribution in [1.82, 2.24) is 14.9 Å². The number of carboxylic acids is 1. The number of rotatable bonds is 6. The Morgan fingerprint density at radius 3 is 2.64 bits per heavy atom. The number of aromatic nitrogens is 2. The minimum atomic E-state index is -0.884. The summed E-state index contributed by atoms with van der Waals surface area (Å²) in [6.45, 7) is 1.42. The summed E-state index contributed by atoms with van der Waals surface area (Å²) in [5, 5.41) is 11.8. The Morgan fingerprint density at radius 2 is 1.96 bits per heavy atom. The number of likely N-dealkylation sites (tertiary alicyclic amines) is 1. The van der Waals surface area contributed by atoms with Gasteiger partial charge in [-0.3, -0.25) is 14.6 Å². The molecule has 1 aliphatic rings. The Labute approximate surface area is 154 Å². The molecule has 0 radical (unpaired) electrons. The molecule has 2 aromatic rings. The van der Waals surface area contributed by atoms with E-state index < -0.39 is 5.97 Å². The zero-order valence-electron chi connectivity index (χ0n) is 13.6. The summed E-state index contributed by atoms with van der Waals surface area (Å²) in [5.41, 5.74) is 2.05. The van der Waals surface area contributed by atoms with Crippen LogP contribution in [-0.2, 0) is 9.59 Å². The molecule has 0 bridgehead atoms. The highest BCUT2D eigenvalue weighted by Gasteiger charge is 2.25. The highest BCUT2D eigenvalue weighted by Crippen LogP contribution is 2.32. The van der Waals surface area contributed by atoms with Crippen LogP contribution in [-0.4, -0.2) is 56.4 Å². The van der Waals surface area contributed by atoms with Gasteiger partial charge in [-0.2, -0.15) is 0 Å². The molecule has 6 nitrogen and oxygen atoms in total. The number of carboxylic acid groups (broad SMARTS) is 1. The second-order valence-corrected chi connectivity index (χ2v) is 7.72. The molecule has 3 heterocycles. The molecule has 0 spiro atoms. The van der Waals surface area contributed by atoms with Gasteiger partial charge in [0.15, 0.2) is 0 Å². The van der Waals surface area contributed by atoms with Crippen LogP contribution < -0.4 is 0 Å². The van der Waals surface area contributed by atoms with Crippen LogP contribution in [0, 0.1) is 0 Å². The lowest BCUT2D eigenvalue weighted by Crippen LogP contribution is -2.39. The number of piperidine rings is 1. The first-order valence-electron chi connectivity index (χ1n) is 8.06. The van der Waals surface area contributed by atoms with Crippen LogP contribution in [0.2, 0.25) is 0 Å². The third kappa shape index (κ3) is 4.79. The molecule has 1 N–H and O–H groups in total. The molecule has 0 atom stereocenters. The summed E-state index contributed by atoms with van der Waals surface area (Å²) in [5.74, 6) is -0.262. The predicted molar refractivity (Wildman–Crippen MR) is 98.9 cm³/mol. The van der Waals surface area contributed by atoms with Gasteiger partial charge in [0, 0.05) is 42.3 Å². The number of thiazole rings is 1. The lowest BCUT2D eigenvalue weighted by molar-refractivity contribution is -0.133. The van der Waals surface area contributed by atoms with Gasteiger partial charge in [-0.05, 0) is 25.0 Å². The lowest BCUT2D eigenvalue weighted by Gasteiger charge is -2.31. The van der Waals surface area contributed by atoms with Gasteiger partial charge in [-0.15, -0.1) is 23.1 Å². The van der Waals surface area contributed by atoms with E-state index in [1.807, 2.05) is 17.0 Å². The minimum Gasteiger partial charge on any atom is -0.481 e. The zero-order chi connectivity index (χ0) is 17.6. The topological polar surface area (TPSA) is 83.4 Å². The highest BCUT2D eigenvalue weighted by atomic mass is 32.2. The van der Waals surface area contributed by atoms with Crippen LogP contribution >= 0.6 is 23.1 Å². The monoisotopic (exact) mass is 377 g/mol. The Kier molecular flexibility index (Phi) is 6.04. The fourth-order valence-corrected chi connectivity index (χ4v) is 4.46. The summed E-state index contributed by atoms with van der Waals surface area (Å²) in [6, 6.07) is 3.91. The van der Waals surface area contributed by atoms with Gasteiger partial charge in [0.25, 0.3) is 0 Å². The number of aliphatic carboxylic acids is 1. The molecule has 1 fully saturated rings. The average Bonchev–Trinajstić information content (AvgIpc) is 3.12. The highest BCUT2D eigenvalue weighted by molar-refractivity contribution is 8.00. The SMILES string of the molecule is O=C(O)CSCC(=O)N1CCC(c2nc(-c3ccncc3)cs2)CC1. The van der Waals surface area contributed by atoms with E-state index in [2.05, 4.69) is 10.4 Å². The summed E-state index contributed by atoms with van der Waals surface area (Å²) in [4.78, 5) is 33.2. The van der Waals surface area contributed by atoms with E-state index in [0.717, 1.165) is 40.9 Å². The predicted octanol–water partition coefficient (Wildman–Crippen LogP) is 2.73. The Hall–Kier alpha value is -1.93. The van der Waals surface area contributed by atoms with Crippen LogP contribution in [0.25, 0.3) is 11.3 Å². The zero-order valence-corrected chi connectivity index (χ0v) is 15.3. The van der Waals surface area contributed by atoms with Crippen molar-refractivity contribution < 1.29 is 14.7 Å². The van der Waals surface area contributed by atoms with Crippen molar-refractivity contribution in [2.75, 3.05) is 24.6 Å². The fraction of sp³-hybridized carbons (Fsp3) is 0.412. The van der Waals surface area contributed by atoms with Crippen molar-refractivity contribution in [3.8, 4) is 11.3 Å². The number of pyridine rings is 1. The van der Waals surface area contributed by atoms with Crippen molar-refractivity contribution in [2.24, 2.45) is 0 Å². The molecule has 1 aliphatic heterocycles. The van der Waals surface area contributed by atoms with Gasteiger partial charge in [0.1, 0.15) is 0 Å². The Balaban J connectivity index is 1.52. The van der Waals surface area contributed by atoms with E-state index >= 15 is 0 Å². The van der Waals surface area contributed by atoms with Gasteiger partial charge in [-0.25, -0.2) is 4.98 Å².